The third kappa shape index (κ3) is 4.75. The third-order valence-electron chi connectivity index (χ3n) is 4.13. The average molecular weight is 454 g/mol. The average Bonchev–Trinajstić information content (AvgIpc) is 3.28. The van der Waals surface area contributed by atoms with Crippen LogP contribution in [-0.2, 0) is 16.1 Å². The second kappa shape index (κ2) is 8.66. The first kappa shape index (κ1) is 19.6. The fourth-order valence-corrected chi connectivity index (χ4v) is 4.00. The number of aromatic nitrogens is 2. The van der Waals surface area contributed by atoms with Crippen molar-refractivity contribution in [2.24, 2.45) is 0 Å². The fraction of sp³-hybridized carbons (Fsp3) is 0.412. The summed E-state index contributed by atoms with van der Waals surface area (Å²) in [6, 6.07) is 5.64. The van der Waals surface area contributed by atoms with E-state index >= 15 is 0 Å². The molecular formula is C17H20BrN5O3S. The van der Waals surface area contributed by atoms with E-state index in [0.29, 0.717) is 29.8 Å². The Labute approximate surface area is 169 Å². The van der Waals surface area contributed by atoms with Gasteiger partial charge in [-0.05, 0) is 24.6 Å². The summed E-state index contributed by atoms with van der Waals surface area (Å²) in [6.45, 7) is 1.17. The third-order valence-corrected chi connectivity index (χ3v) is 5.69. The van der Waals surface area contributed by atoms with Gasteiger partial charge in [0.1, 0.15) is 5.75 Å². The van der Waals surface area contributed by atoms with Crippen LogP contribution in [0.5, 0.6) is 5.75 Å². The van der Waals surface area contributed by atoms with E-state index in [9.17, 15) is 9.59 Å². The van der Waals surface area contributed by atoms with Crippen LogP contribution in [0.25, 0.3) is 0 Å². The van der Waals surface area contributed by atoms with E-state index in [2.05, 4.69) is 31.4 Å². The van der Waals surface area contributed by atoms with Crippen molar-refractivity contribution < 1.29 is 14.3 Å². The molecule has 0 unspecified atom stereocenters. The van der Waals surface area contributed by atoms with Gasteiger partial charge in [0.15, 0.2) is 0 Å². The Bertz CT molecular complexity index is 844. The summed E-state index contributed by atoms with van der Waals surface area (Å²) >= 11 is 4.73. The number of hydrogen-bond donors (Lipinski definition) is 1. The van der Waals surface area contributed by atoms with Crippen molar-refractivity contribution in [3.8, 4) is 5.75 Å². The molecule has 1 aliphatic heterocycles. The van der Waals surface area contributed by atoms with Crippen LogP contribution in [-0.4, -0.2) is 49.3 Å². The van der Waals surface area contributed by atoms with Crippen LogP contribution < -0.4 is 19.9 Å². The number of halogens is 1. The Morgan fingerprint density at radius 1 is 1.44 bits per heavy atom. The highest BCUT2D eigenvalue weighted by Gasteiger charge is 2.25. The Hall–Kier alpha value is -2.20. The minimum atomic E-state index is -0.145. The van der Waals surface area contributed by atoms with Crippen LogP contribution in [0.1, 0.15) is 18.4 Å². The lowest BCUT2D eigenvalue weighted by molar-refractivity contribution is -0.120. The lowest BCUT2D eigenvalue weighted by atomic mass is 10.2. The molecule has 0 atom stereocenters. The molecule has 1 fully saturated rings. The fourth-order valence-electron chi connectivity index (χ4n) is 2.74. The predicted octanol–water partition coefficient (Wildman–Crippen LogP) is 2.19. The van der Waals surface area contributed by atoms with Gasteiger partial charge in [0.05, 0.1) is 13.7 Å². The predicted molar refractivity (Wildman–Crippen MR) is 107 cm³/mol. The zero-order chi connectivity index (χ0) is 19.4. The van der Waals surface area contributed by atoms with Crippen LogP contribution in [0.3, 0.4) is 0 Å². The summed E-state index contributed by atoms with van der Waals surface area (Å²) in [7, 11) is 3.37. The van der Waals surface area contributed by atoms with Crippen molar-refractivity contribution in [2.45, 2.75) is 19.4 Å². The Kier molecular flexibility index (Phi) is 6.27. The largest absolute Gasteiger partial charge is 0.496 e. The molecular weight excluding hydrogens is 434 g/mol. The number of methoxy groups -OCH3 is 1. The van der Waals surface area contributed by atoms with E-state index in [1.54, 1.807) is 24.0 Å². The van der Waals surface area contributed by atoms with Gasteiger partial charge < -0.3 is 15.0 Å². The summed E-state index contributed by atoms with van der Waals surface area (Å²) < 4.78 is 6.23. The molecule has 2 heterocycles. The molecule has 27 heavy (non-hydrogen) atoms. The van der Waals surface area contributed by atoms with Crippen molar-refractivity contribution in [3.05, 3.63) is 28.2 Å². The smallest absolute Gasteiger partial charge is 0.239 e. The molecule has 0 spiro atoms. The number of nitrogens with zero attached hydrogens (tertiary/aromatic N) is 4. The van der Waals surface area contributed by atoms with Crippen LogP contribution >= 0.6 is 27.3 Å². The zero-order valence-corrected chi connectivity index (χ0v) is 17.5. The molecule has 10 heteroatoms. The molecule has 0 radical (unpaired) electrons. The van der Waals surface area contributed by atoms with Gasteiger partial charge in [0.2, 0.25) is 22.1 Å². The molecule has 2 amide bonds. The van der Waals surface area contributed by atoms with Gasteiger partial charge in [0.25, 0.3) is 0 Å². The van der Waals surface area contributed by atoms with Gasteiger partial charge in [-0.3, -0.25) is 14.5 Å². The Morgan fingerprint density at radius 3 is 2.96 bits per heavy atom. The van der Waals surface area contributed by atoms with E-state index in [4.69, 9.17) is 4.74 Å². The molecule has 2 aromatic rings. The quantitative estimate of drug-likeness (QED) is 0.690. The Morgan fingerprint density at radius 2 is 2.26 bits per heavy atom. The first-order chi connectivity index (χ1) is 13.0. The Balaban J connectivity index is 1.56. The summed E-state index contributed by atoms with van der Waals surface area (Å²) in [4.78, 5) is 27.5. The first-order valence-corrected chi connectivity index (χ1v) is 10.0. The van der Waals surface area contributed by atoms with Gasteiger partial charge in [-0.15, -0.1) is 10.2 Å². The van der Waals surface area contributed by atoms with Crippen molar-refractivity contribution in [3.63, 3.8) is 0 Å². The van der Waals surface area contributed by atoms with Gasteiger partial charge in [-0.1, -0.05) is 27.3 Å². The molecule has 1 aromatic heterocycles. The number of benzene rings is 1. The molecule has 0 bridgehead atoms. The monoisotopic (exact) mass is 453 g/mol. The maximum absolute atomic E-state index is 12.3. The van der Waals surface area contributed by atoms with Gasteiger partial charge in [0, 0.05) is 36.6 Å². The maximum Gasteiger partial charge on any atom is 0.239 e. The normalized spacial score (nSPS) is 13.7. The van der Waals surface area contributed by atoms with Gasteiger partial charge >= 0.3 is 0 Å². The van der Waals surface area contributed by atoms with Crippen LogP contribution in [0.2, 0.25) is 0 Å². The molecule has 1 aromatic carbocycles. The van der Waals surface area contributed by atoms with E-state index < -0.39 is 0 Å². The van der Waals surface area contributed by atoms with Crippen molar-refractivity contribution >= 4 is 49.3 Å². The second-order valence-electron chi connectivity index (χ2n) is 6.11. The number of anilines is 2. The van der Waals surface area contributed by atoms with Crippen molar-refractivity contribution in [1.29, 1.82) is 0 Å². The summed E-state index contributed by atoms with van der Waals surface area (Å²) in [5, 5.41) is 12.2. The minimum Gasteiger partial charge on any atom is -0.496 e. The molecule has 144 valence electrons. The number of hydrogen-bond acceptors (Lipinski definition) is 7. The molecule has 1 N–H and O–H groups in total. The zero-order valence-electron chi connectivity index (χ0n) is 15.1. The number of nitrogens with one attached hydrogen (secondary N) is 1. The number of likely N-dealkylation sites (N-methyl/N-ethyl adjacent to an activating group) is 1. The summed E-state index contributed by atoms with van der Waals surface area (Å²) in [5.41, 5.74) is 0.883. The molecule has 8 nitrogen and oxygen atoms in total. The topological polar surface area (TPSA) is 87.7 Å². The molecule has 3 rings (SSSR count). The lowest BCUT2D eigenvalue weighted by Crippen LogP contribution is -2.34. The van der Waals surface area contributed by atoms with Crippen molar-refractivity contribution in [1.82, 2.24) is 15.5 Å². The summed E-state index contributed by atoms with van der Waals surface area (Å²) in [6.07, 6.45) is 1.39. The minimum absolute atomic E-state index is 0.0704. The second-order valence-corrected chi connectivity index (χ2v) is 7.96. The van der Waals surface area contributed by atoms with Gasteiger partial charge in [-0.25, -0.2) is 0 Å². The highest BCUT2D eigenvalue weighted by Crippen LogP contribution is 2.29. The highest BCUT2D eigenvalue weighted by atomic mass is 79.9. The van der Waals surface area contributed by atoms with Crippen molar-refractivity contribution in [2.75, 3.05) is 37.0 Å². The lowest BCUT2D eigenvalue weighted by Gasteiger charge is -2.15. The summed E-state index contributed by atoms with van der Waals surface area (Å²) in [5.74, 6) is 0.644. The number of rotatable bonds is 7. The SMILES string of the molecule is COc1ccc(Br)cc1CNC(=O)CN(C)c1nnc(N2CCCC2=O)s1. The molecule has 1 saturated heterocycles. The van der Waals surface area contributed by atoms with E-state index in [1.807, 2.05) is 18.2 Å². The highest BCUT2D eigenvalue weighted by molar-refractivity contribution is 9.10. The van der Waals surface area contributed by atoms with E-state index in [0.717, 1.165) is 22.2 Å². The van der Waals surface area contributed by atoms with Crippen LogP contribution in [0.4, 0.5) is 10.3 Å². The van der Waals surface area contributed by atoms with E-state index in [1.165, 1.54) is 11.3 Å². The van der Waals surface area contributed by atoms with E-state index in [-0.39, 0.29) is 18.4 Å². The number of ether oxygens (including phenoxy) is 1. The van der Waals surface area contributed by atoms with Crippen LogP contribution in [0.15, 0.2) is 22.7 Å². The molecule has 0 saturated carbocycles. The number of carbonyl (C=O) groups is 2. The maximum atomic E-state index is 12.3. The number of amides is 2. The number of carbonyl (C=O) groups excluding carboxylic acids is 2. The van der Waals surface area contributed by atoms with Gasteiger partial charge in [-0.2, -0.15) is 0 Å². The molecule has 1 aliphatic rings. The van der Waals surface area contributed by atoms with Crippen LogP contribution in [0, 0.1) is 0 Å². The standard InChI is InChI=1S/C17H20BrN5O3S/c1-22(16-20-21-17(27-16)23-7-3-4-15(23)25)10-14(24)19-9-11-8-12(18)5-6-13(11)26-2/h5-6,8H,3-4,7,9-10H2,1-2H3,(H,19,24). The first-order valence-electron chi connectivity index (χ1n) is 8.42. The molecule has 0 aliphatic carbocycles.